The summed E-state index contributed by atoms with van der Waals surface area (Å²) in [5.41, 5.74) is 3.00. The molecule has 62 valence electrons. The maximum absolute atomic E-state index is 3.94. The fourth-order valence-corrected chi connectivity index (χ4v) is 1.22. The molecule has 2 aromatic heterocycles. The topological polar surface area (TPSA) is 54.5 Å². The molecule has 2 aromatic rings. The number of H-pyrrole nitrogens is 1. The van der Waals surface area contributed by atoms with Gasteiger partial charge < -0.3 is 0 Å². The van der Waals surface area contributed by atoms with Crippen molar-refractivity contribution in [2.45, 2.75) is 19.8 Å². The van der Waals surface area contributed by atoms with Crippen LogP contribution in [0.5, 0.6) is 0 Å². The number of hydrogen-bond acceptors (Lipinski definition) is 3. The lowest BCUT2D eigenvalue weighted by atomic mass is 10.1. The minimum atomic E-state index is 0.448. The molecule has 1 N–H and O–H groups in total. The first-order valence-corrected chi connectivity index (χ1v) is 3.93. The average molecular weight is 162 g/mol. The Labute approximate surface area is 70.0 Å². The zero-order valence-corrected chi connectivity index (χ0v) is 7.07. The largest absolute Gasteiger partial charge is 0.276 e. The first-order chi connectivity index (χ1) is 5.79. The zero-order chi connectivity index (χ0) is 8.55. The number of fused-ring (bicyclic) bond motifs is 1. The molecule has 0 radical (unpaired) electrons. The lowest BCUT2D eigenvalue weighted by Crippen LogP contribution is -1.92. The van der Waals surface area contributed by atoms with Crippen molar-refractivity contribution in [1.29, 1.82) is 0 Å². The summed E-state index contributed by atoms with van der Waals surface area (Å²) in [6.07, 6.45) is 3.47. The Kier molecular flexibility index (Phi) is 1.53. The molecular weight excluding hydrogens is 152 g/mol. The molecule has 2 heterocycles. The molecule has 0 unspecified atom stereocenters. The van der Waals surface area contributed by atoms with Gasteiger partial charge in [0.15, 0.2) is 0 Å². The highest BCUT2D eigenvalue weighted by atomic mass is 15.2. The number of nitrogens with zero attached hydrogens (tertiary/aromatic N) is 3. The molecule has 0 fully saturated rings. The first kappa shape index (κ1) is 7.21. The van der Waals surface area contributed by atoms with Crippen LogP contribution in [0.25, 0.3) is 11.0 Å². The SMILES string of the molecule is CC(C)c1cnnc2cn[nH]c12. The smallest absolute Gasteiger partial charge is 0.131 e. The van der Waals surface area contributed by atoms with Crippen LogP contribution in [-0.4, -0.2) is 20.4 Å². The molecule has 2 rings (SSSR count). The van der Waals surface area contributed by atoms with Gasteiger partial charge in [-0.3, -0.25) is 5.10 Å². The summed E-state index contributed by atoms with van der Waals surface area (Å²) in [5, 5.41) is 14.7. The quantitative estimate of drug-likeness (QED) is 0.690. The molecule has 0 amide bonds. The van der Waals surface area contributed by atoms with Crippen LogP contribution in [0.2, 0.25) is 0 Å². The van der Waals surface area contributed by atoms with Crippen LogP contribution in [0.3, 0.4) is 0 Å². The van der Waals surface area contributed by atoms with Gasteiger partial charge in [0.05, 0.1) is 17.9 Å². The third-order valence-corrected chi connectivity index (χ3v) is 1.89. The molecule has 4 nitrogen and oxygen atoms in total. The number of rotatable bonds is 1. The third-order valence-electron chi connectivity index (χ3n) is 1.89. The van der Waals surface area contributed by atoms with Gasteiger partial charge in [-0.25, -0.2) is 0 Å². The molecule has 0 aromatic carbocycles. The highest BCUT2D eigenvalue weighted by Crippen LogP contribution is 2.19. The van der Waals surface area contributed by atoms with Gasteiger partial charge in [-0.15, -0.1) is 5.10 Å². The second-order valence-corrected chi connectivity index (χ2v) is 3.08. The zero-order valence-electron chi connectivity index (χ0n) is 7.07. The van der Waals surface area contributed by atoms with Gasteiger partial charge in [0.1, 0.15) is 5.52 Å². The van der Waals surface area contributed by atoms with Crippen molar-refractivity contribution in [2.24, 2.45) is 0 Å². The van der Waals surface area contributed by atoms with E-state index in [0.717, 1.165) is 16.6 Å². The summed E-state index contributed by atoms with van der Waals surface area (Å²) in [6.45, 7) is 4.24. The fourth-order valence-electron chi connectivity index (χ4n) is 1.22. The van der Waals surface area contributed by atoms with Gasteiger partial charge in [0.2, 0.25) is 0 Å². The maximum atomic E-state index is 3.94. The van der Waals surface area contributed by atoms with E-state index in [4.69, 9.17) is 0 Å². The Morgan fingerprint density at radius 3 is 2.92 bits per heavy atom. The van der Waals surface area contributed by atoms with Gasteiger partial charge in [-0.2, -0.15) is 10.2 Å². The van der Waals surface area contributed by atoms with Crippen LogP contribution < -0.4 is 0 Å². The molecule has 0 aliphatic rings. The molecule has 4 heteroatoms. The average Bonchev–Trinajstić information content (AvgIpc) is 2.49. The molecule has 0 aliphatic heterocycles. The molecule has 12 heavy (non-hydrogen) atoms. The minimum Gasteiger partial charge on any atom is -0.276 e. The van der Waals surface area contributed by atoms with Crippen LogP contribution in [-0.2, 0) is 0 Å². The van der Waals surface area contributed by atoms with Crippen molar-refractivity contribution in [1.82, 2.24) is 20.4 Å². The van der Waals surface area contributed by atoms with Crippen molar-refractivity contribution in [2.75, 3.05) is 0 Å². The molecule has 0 atom stereocenters. The number of aromatic amines is 1. The lowest BCUT2D eigenvalue weighted by molar-refractivity contribution is 0.853. The summed E-state index contributed by atoms with van der Waals surface area (Å²) < 4.78 is 0. The second-order valence-electron chi connectivity index (χ2n) is 3.08. The van der Waals surface area contributed by atoms with Gasteiger partial charge in [0.25, 0.3) is 0 Å². The number of hydrogen-bond donors (Lipinski definition) is 1. The highest BCUT2D eigenvalue weighted by Gasteiger charge is 2.07. The number of aromatic nitrogens is 4. The Bertz CT molecular complexity index is 391. The van der Waals surface area contributed by atoms with E-state index in [1.165, 1.54) is 0 Å². The first-order valence-electron chi connectivity index (χ1n) is 3.93. The molecule has 0 saturated carbocycles. The second kappa shape index (κ2) is 2.55. The van der Waals surface area contributed by atoms with E-state index in [-0.39, 0.29) is 0 Å². The Balaban J connectivity index is 2.73. The summed E-state index contributed by atoms with van der Waals surface area (Å²) in [5.74, 6) is 0.448. The monoisotopic (exact) mass is 162 g/mol. The van der Waals surface area contributed by atoms with Crippen LogP contribution in [0.15, 0.2) is 12.4 Å². The lowest BCUT2D eigenvalue weighted by Gasteiger charge is -2.03. The molecule has 0 saturated heterocycles. The van der Waals surface area contributed by atoms with Crippen LogP contribution >= 0.6 is 0 Å². The number of nitrogens with one attached hydrogen (secondary N) is 1. The van der Waals surface area contributed by atoms with E-state index in [0.29, 0.717) is 5.92 Å². The maximum Gasteiger partial charge on any atom is 0.131 e. The van der Waals surface area contributed by atoms with Crippen molar-refractivity contribution >= 4 is 11.0 Å². The minimum absolute atomic E-state index is 0.448. The van der Waals surface area contributed by atoms with E-state index in [1.54, 1.807) is 12.4 Å². The molecule has 0 spiro atoms. The Morgan fingerprint density at radius 2 is 2.17 bits per heavy atom. The predicted molar refractivity (Wildman–Crippen MR) is 45.8 cm³/mol. The van der Waals surface area contributed by atoms with Crippen LogP contribution in [0.4, 0.5) is 0 Å². The summed E-state index contributed by atoms with van der Waals surface area (Å²) >= 11 is 0. The fraction of sp³-hybridized carbons (Fsp3) is 0.375. The van der Waals surface area contributed by atoms with Crippen LogP contribution in [0, 0.1) is 0 Å². The van der Waals surface area contributed by atoms with E-state index in [9.17, 15) is 0 Å². The summed E-state index contributed by atoms with van der Waals surface area (Å²) in [7, 11) is 0. The summed E-state index contributed by atoms with van der Waals surface area (Å²) in [4.78, 5) is 0. The molecular formula is C8H10N4. The Morgan fingerprint density at radius 1 is 1.33 bits per heavy atom. The van der Waals surface area contributed by atoms with Crippen molar-refractivity contribution in [3.63, 3.8) is 0 Å². The van der Waals surface area contributed by atoms with Crippen molar-refractivity contribution < 1.29 is 0 Å². The highest BCUT2D eigenvalue weighted by molar-refractivity contribution is 5.76. The van der Waals surface area contributed by atoms with E-state index >= 15 is 0 Å². The molecule has 0 bridgehead atoms. The van der Waals surface area contributed by atoms with Crippen molar-refractivity contribution in [3.05, 3.63) is 18.0 Å². The normalized spacial score (nSPS) is 11.2. The predicted octanol–water partition coefficient (Wildman–Crippen LogP) is 1.48. The van der Waals surface area contributed by atoms with Crippen molar-refractivity contribution in [3.8, 4) is 0 Å². The molecule has 0 aliphatic carbocycles. The van der Waals surface area contributed by atoms with E-state index < -0.39 is 0 Å². The summed E-state index contributed by atoms with van der Waals surface area (Å²) in [6, 6.07) is 0. The van der Waals surface area contributed by atoms with E-state index in [2.05, 4.69) is 34.2 Å². The van der Waals surface area contributed by atoms with Gasteiger partial charge in [-0.05, 0) is 5.92 Å². The van der Waals surface area contributed by atoms with Gasteiger partial charge in [0, 0.05) is 5.56 Å². The van der Waals surface area contributed by atoms with Crippen LogP contribution in [0.1, 0.15) is 25.3 Å². The standard InChI is InChI=1S/C8H10N4/c1-5(2)6-3-9-11-7-4-10-12-8(6)7/h3-5H,1-2H3,(H,10,12). The van der Waals surface area contributed by atoms with Gasteiger partial charge in [-0.1, -0.05) is 13.8 Å². The third kappa shape index (κ3) is 0.958. The Hall–Kier alpha value is -1.45. The van der Waals surface area contributed by atoms with Gasteiger partial charge >= 0.3 is 0 Å². The van der Waals surface area contributed by atoms with E-state index in [1.807, 2.05) is 0 Å².